The van der Waals surface area contributed by atoms with Crippen LogP contribution in [0.3, 0.4) is 0 Å². The number of aromatic nitrogens is 3. The van der Waals surface area contributed by atoms with Crippen molar-refractivity contribution >= 4 is 48.6 Å². The number of methoxy groups -OCH3 is 1. The van der Waals surface area contributed by atoms with Gasteiger partial charge in [-0.25, -0.2) is 22.4 Å². The van der Waals surface area contributed by atoms with E-state index in [1.54, 1.807) is 48.7 Å². The molecule has 0 aliphatic heterocycles. The molecule has 0 N–H and O–H groups in total. The van der Waals surface area contributed by atoms with Gasteiger partial charge in [0.15, 0.2) is 5.65 Å². The van der Waals surface area contributed by atoms with Crippen molar-refractivity contribution in [3.8, 4) is 17.0 Å². The van der Waals surface area contributed by atoms with E-state index < -0.39 is 10.0 Å². The maximum Gasteiger partial charge on any atom is 0.270 e. The Morgan fingerprint density at radius 2 is 1.79 bits per heavy atom. The van der Waals surface area contributed by atoms with Gasteiger partial charge in [-0.15, -0.1) is 0 Å². The van der Waals surface area contributed by atoms with Crippen LogP contribution in [0.1, 0.15) is 5.56 Å². The molecule has 0 saturated heterocycles. The Bertz CT molecular complexity index is 1320. The minimum atomic E-state index is -3.96. The van der Waals surface area contributed by atoms with Crippen molar-refractivity contribution in [3.05, 3.63) is 70.0 Å². The van der Waals surface area contributed by atoms with Gasteiger partial charge in [-0.3, -0.25) is 0 Å². The highest BCUT2D eigenvalue weighted by Gasteiger charge is 2.28. The summed E-state index contributed by atoms with van der Waals surface area (Å²) >= 11 is 10.0. The summed E-state index contributed by atoms with van der Waals surface area (Å²) in [4.78, 5) is 8.68. The van der Waals surface area contributed by atoms with Crippen molar-refractivity contribution < 1.29 is 13.2 Å². The highest BCUT2D eigenvalue weighted by atomic mass is 79.9. The van der Waals surface area contributed by atoms with Crippen LogP contribution in [-0.4, -0.2) is 29.5 Å². The molecule has 4 rings (SSSR count). The number of halogens is 2. The first-order valence-corrected chi connectivity index (χ1v) is 11.1. The average Bonchev–Trinajstić information content (AvgIpc) is 3.00. The quantitative estimate of drug-likeness (QED) is 0.398. The molecule has 0 unspecified atom stereocenters. The molecule has 3 aromatic heterocycles. The van der Waals surface area contributed by atoms with Crippen LogP contribution in [0.5, 0.6) is 5.88 Å². The number of benzene rings is 1. The molecule has 0 aliphatic carbocycles. The zero-order valence-electron chi connectivity index (χ0n) is 15.4. The highest BCUT2D eigenvalue weighted by Crippen LogP contribution is 2.40. The van der Waals surface area contributed by atoms with E-state index in [1.165, 1.54) is 13.3 Å². The molecule has 3 heterocycles. The molecule has 0 bridgehead atoms. The molecular formula is C20H15BrClN3O3S. The van der Waals surface area contributed by atoms with E-state index in [9.17, 15) is 8.42 Å². The van der Waals surface area contributed by atoms with Crippen LogP contribution in [0.25, 0.3) is 22.2 Å². The van der Waals surface area contributed by atoms with Crippen LogP contribution in [0.2, 0.25) is 5.15 Å². The topological polar surface area (TPSA) is 74.1 Å². The lowest BCUT2D eigenvalue weighted by molar-refractivity contribution is 0.398. The van der Waals surface area contributed by atoms with Crippen molar-refractivity contribution in [1.82, 2.24) is 13.9 Å². The molecule has 9 heteroatoms. The first-order chi connectivity index (χ1) is 13.8. The number of rotatable bonds is 4. The predicted molar refractivity (Wildman–Crippen MR) is 116 cm³/mol. The third-order valence-corrected chi connectivity index (χ3v) is 7.07. The second-order valence-electron chi connectivity index (χ2n) is 6.36. The summed E-state index contributed by atoms with van der Waals surface area (Å²) in [5.74, 6) is 0.445. The molecule has 0 spiro atoms. The van der Waals surface area contributed by atoms with Gasteiger partial charge in [0.2, 0.25) is 5.88 Å². The number of nitrogens with zero attached hydrogens (tertiary/aromatic N) is 3. The number of aryl methyl sites for hydroxylation is 1. The maximum atomic E-state index is 13.4. The van der Waals surface area contributed by atoms with Gasteiger partial charge in [0, 0.05) is 39.4 Å². The normalized spacial score (nSPS) is 11.7. The molecule has 148 valence electrons. The standard InChI is InChI=1S/C20H15BrClN3O3S/c1-12-3-6-15(7-4-12)29(26,27)25-19(22)18(13-5-8-17(28-2)23-10-13)16-9-14(21)11-24-20(16)25/h3-11H,1-2H3. The monoisotopic (exact) mass is 491 g/mol. The van der Waals surface area contributed by atoms with Crippen LogP contribution >= 0.6 is 27.5 Å². The third kappa shape index (κ3) is 3.41. The Morgan fingerprint density at radius 1 is 1.07 bits per heavy atom. The summed E-state index contributed by atoms with van der Waals surface area (Å²) in [7, 11) is -2.44. The lowest BCUT2D eigenvalue weighted by atomic mass is 10.1. The lowest BCUT2D eigenvalue weighted by Crippen LogP contribution is -2.13. The Kier molecular flexibility index (Phi) is 5.10. The molecule has 6 nitrogen and oxygen atoms in total. The smallest absolute Gasteiger partial charge is 0.270 e. The van der Waals surface area contributed by atoms with Crippen LogP contribution in [-0.2, 0) is 10.0 Å². The summed E-state index contributed by atoms with van der Waals surface area (Å²) in [5.41, 5.74) is 2.38. The van der Waals surface area contributed by atoms with Gasteiger partial charge < -0.3 is 4.74 Å². The molecule has 0 atom stereocenters. The number of hydrogen-bond donors (Lipinski definition) is 0. The zero-order valence-corrected chi connectivity index (χ0v) is 18.6. The number of ether oxygens (including phenoxy) is 1. The van der Waals surface area contributed by atoms with Crippen LogP contribution in [0.4, 0.5) is 0 Å². The summed E-state index contributed by atoms with van der Waals surface area (Å²) in [6.07, 6.45) is 3.12. The van der Waals surface area contributed by atoms with E-state index in [4.69, 9.17) is 16.3 Å². The zero-order chi connectivity index (χ0) is 20.8. The minimum absolute atomic E-state index is 0.0399. The minimum Gasteiger partial charge on any atom is -0.481 e. The van der Waals surface area contributed by atoms with Crippen LogP contribution in [0.15, 0.2) is 64.2 Å². The molecule has 0 aliphatic rings. The van der Waals surface area contributed by atoms with Crippen LogP contribution in [0, 0.1) is 6.92 Å². The van der Waals surface area contributed by atoms with Gasteiger partial charge >= 0.3 is 0 Å². The van der Waals surface area contributed by atoms with Gasteiger partial charge in [0.25, 0.3) is 10.0 Å². The van der Waals surface area contributed by atoms with Crippen molar-refractivity contribution in [3.63, 3.8) is 0 Å². The van der Waals surface area contributed by atoms with Gasteiger partial charge in [-0.2, -0.15) is 0 Å². The van der Waals surface area contributed by atoms with Crippen molar-refractivity contribution in [2.75, 3.05) is 7.11 Å². The van der Waals surface area contributed by atoms with E-state index in [-0.39, 0.29) is 15.7 Å². The van der Waals surface area contributed by atoms with Gasteiger partial charge in [0.05, 0.1) is 12.0 Å². The second kappa shape index (κ2) is 7.44. The summed E-state index contributed by atoms with van der Waals surface area (Å²) < 4.78 is 33.7. The number of hydrogen-bond acceptors (Lipinski definition) is 5. The molecule has 0 radical (unpaired) electrons. The SMILES string of the molecule is COc1ccc(-c2c(Cl)n(S(=O)(=O)c3ccc(C)cc3)c3ncc(Br)cc23)cn1. The average molecular weight is 493 g/mol. The Hall–Kier alpha value is -2.42. The van der Waals surface area contributed by atoms with Crippen molar-refractivity contribution in [2.45, 2.75) is 11.8 Å². The van der Waals surface area contributed by atoms with E-state index in [0.29, 0.717) is 26.9 Å². The molecule has 0 saturated carbocycles. The largest absolute Gasteiger partial charge is 0.481 e. The maximum absolute atomic E-state index is 13.4. The molecule has 0 amide bonds. The van der Waals surface area contributed by atoms with Gasteiger partial charge in [-0.1, -0.05) is 29.3 Å². The first-order valence-electron chi connectivity index (χ1n) is 8.51. The Labute approximate surface area is 181 Å². The molecule has 4 aromatic rings. The molecule has 1 aromatic carbocycles. The fourth-order valence-electron chi connectivity index (χ4n) is 3.04. The molecule has 0 fully saturated rings. The fourth-order valence-corrected chi connectivity index (χ4v) is 5.30. The third-order valence-electron chi connectivity index (χ3n) is 4.47. The second-order valence-corrected chi connectivity index (χ2v) is 9.42. The van der Waals surface area contributed by atoms with Crippen molar-refractivity contribution in [2.24, 2.45) is 0 Å². The van der Waals surface area contributed by atoms with Crippen molar-refractivity contribution in [1.29, 1.82) is 0 Å². The van der Waals surface area contributed by atoms with Gasteiger partial charge in [0.1, 0.15) is 5.15 Å². The summed E-state index contributed by atoms with van der Waals surface area (Å²) in [6.45, 7) is 1.89. The van der Waals surface area contributed by atoms with E-state index >= 15 is 0 Å². The number of pyridine rings is 2. The number of fused-ring (bicyclic) bond motifs is 1. The van der Waals surface area contributed by atoms with E-state index in [0.717, 1.165) is 9.54 Å². The predicted octanol–water partition coefficient (Wildman–Crippen LogP) is 5.07. The first kappa shape index (κ1) is 19.9. The highest BCUT2D eigenvalue weighted by molar-refractivity contribution is 9.10. The van der Waals surface area contributed by atoms with E-state index in [1.807, 2.05) is 6.92 Å². The van der Waals surface area contributed by atoms with Crippen LogP contribution < -0.4 is 4.74 Å². The summed E-state index contributed by atoms with van der Waals surface area (Å²) in [5, 5.41) is 0.630. The van der Waals surface area contributed by atoms with E-state index in [2.05, 4.69) is 25.9 Å². The lowest BCUT2D eigenvalue weighted by Gasteiger charge is -2.09. The Balaban J connectivity index is 2.03. The fraction of sp³-hybridized carbons (Fsp3) is 0.100. The van der Waals surface area contributed by atoms with Gasteiger partial charge in [-0.05, 0) is 47.1 Å². The molecule has 29 heavy (non-hydrogen) atoms. The summed E-state index contributed by atoms with van der Waals surface area (Å²) in [6, 6.07) is 11.8. The Morgan fingerprint density at radius 3 is 2.41 bits per heavy atom. The molecular weight excluding hydrogens is 478 g/mol.